The topological polar surface area (TPSA) is 111 Å². The number of nitrogens with zero attached hydrogens (tertiary/aromatic N) is 2. The summed E-state index contributed by atoms with van der Waals surface area (Å²) in [5.74, 6) is 0.407. The fourth-order valence-corrected chi connectivity index (χ4v) is 4.06. The van der Waals surface area contributed by atoms with Crippen LogP contribution in [0.25, 0.3) is 10.8 Å². The number of nitrogens with one attached hydrogen (secondary N) is 1. The van der Waals surface area contributed by atoms with Crippen molar-refractivity contribution in [1.82, 2.24) is 4.83 Å². The maximum absolute atomic E-state index is 12.6. The molecule has 0 aliphatic carbocycles. The number of nitro benzene ring substituents is 1. The molecular formula is C24H19N3O5S. The second-order valence-electron chi connectivity index (χ2n) is 7.07. The Hall–Kier alpha value is -4.24. The van der Waals surface area contributed by atoms with Gasteiger partial charge in [-0.1, -0.05) is 54.6 Å². The van der Waals surface area contributed by atoms with Crippen LogP contribution in [0.2, 0.25) is 0 Å². The molecular weight excluding hydrogens is 442 g/mol. The van der Waals surface area contributed by atoms with Crippen LogP contribution < -0.4 is 9.57 Å². The highest BCUT2D eigenvalue weighted by molar-refractivity contribution is 7.89. The van der Waals surface area contributed by atoms with Gasteiger partial charge in [0.2, 0.25) is 0 Å². The summed E-state index contributed by atoms with van der Waals surface area (Å²) in [5.41, 5.74) is 0.898. The summed E-state index contributed by atoms with van der Waals surface area (Å²) in [5, 5.41) is 16.8. The number of hydrogen-bond donors (Lipinski definition) is 1. The predicted molar refractivity (Wildman–Crippen MR) is 126 cm³/mol. The lowest BCUT2D eigenvalue weighted by Crippen LogP contribution is -2.18. The first kappa shape index (κ1) is 22.0. The SMILES string of the molecule is O=[N+]([O-])c1ccccc1COc1ccccc1/C=N/NS(=O)(=O)c1ccc2ccccc2c1. The summed E-state index contributed by atoms with van der Waals surface area (Å²) >= 11 is 0. The summed E-state index contributed by atoms with van der Waals surface area (Å²) < 4.78 is 31.0. The molecule has 1 N–H and O–H groups in total. The van der Waals surface area contributed by atoms with Gasteiger partial charge in [0, 0.05) is 11.6 Å². The van der Waals surface area contributed by atoms with Crippen molar-refractivity contribution in [3.8, 4) is 5.75 Å². The Kier molecular flexibility index (Phi) is 6.32. The molecule has 0 bridgehead atoms. The molecule has 0 atom stereocenters. The van der Waals surface area contributed by atoms with E-state index in [0.717, 1.165) is 10.8 Å². The minimum atomic E-state index is -3.87. The molecule has 9 heteroatoms. The zero-order chi connectivity index (χ0) is 23.3. The van der Waals surface area contributed by atoms with E-state index in [-0.39, 0.29) is 17.2 Å². The van der Waals surface area contributed by atoms with Crippen LogP contribution in [0.3, 0.4) is 0 Å². The van der Waals surface area contributed by atoms with Crippen molar-refractivity contribution < 1.29 is 18.1 Å². The number of para-hydroxylation sites is 2. The zero-order valence-electron chi connectivity index (χ0n) is 17.3. The maximum atomic E-state index is 12.6. The van der Waals surface area contributed by atoms with Crippen molar-refractivity contribution in [1.29, 1.82) is 0 Å². The minimum absolute atomic E-state index is 0.0230. The zero-order valence-corrected chi connectivity index (χ0v) is 18.1. The quantitative estimate of drug-likeness (QED) is 0.233. The molecule has 0 heterocycles. The molecule has 0 aromatic heterocycles. The van der Waals surface area contributed by atoms with Crippen LogP contribution in [-0.4, -0.2) is 19.6 Å². The van der Waals surface area contributed by atoms with Gasteiger partial charge < -0.3 is 4.74 Å². The Labute approximate surface area is 190 Å². The highest BCUT2D eigenvalue weighted by Gasteiger charge is 2.15. The molecule has 0 aliphatic heterocycles. The van der Waals surface area contributed by atoms with Gasteiger partial charge in [0.1, 0.15) is 12.4 Å². The number of ether oxygens (including phenoxy) is 1. The smallest absolute Gasteiger partial charge is 0.276 e. The molecule has 0 saturated heterocycles. The van der Waals surface area contributed by atoms with Gasteiger partial charge in [0.25, 0.3) is 15.7 Å². The fraction of sp³-hybridized carbons (Fsp3) is 0.0417. The molecule has 33 heavy (non-hydrogen) atoms. The van der Waals surface area contributed by atoms with Crippen LogP contribution in [0.1, 0.15) is 11.1 Å². The summed E-state index contributed by atoms with van der Waals surface area (Å²) in [7, 11) is -3.87. The first-order valence-corrected chi connectivity index (χ1v) is 11.4. The molecule has 0 fully saturated rings. The first-order valence-electron chi connectivity index (χ1n) is 9.92. The average molecular weight is 461 g/mol. The van der Waals surface area contributed by atoms with E-state index in [2.05, 4.69) is 9.93 Å². The number of hydrazone groups is 1. The standard InChI is InChI=1S/C24H19N3O5S/c28-27(29)23-11-5-3-10-21(23)17-32-24-12-6-4-9-20(24)16-25-26-33(30,31)22-14-13-18-7-1-2-8-19(18)15-22/h1-16,26H,17H2/b25-16+. The molecule has 0 radical (unpaired) electrons. The number of sulfonamides is 1. The van der Waals surface area contributed by atoms with Crippen molar-refractivity contribution in [2.45, 2.75) is 11.5 Å². The van der Waals surface area contributed by atoms with E-state index >= 15 is 0 Å². The van der Waals surface area contributed by atoms with E-state index in [9.17, 15) is 18.5 Å². The third kappa shape index (κ3) is 5.16. The molecule has 0 aliphatic rings. The number of rotatable bonds is 8. The van der Waals surface area contributed by atoms with Crippen LogP contribution in [0.5, 0.6) is 5.75 Å². The normalized spacial score (nSPS) is 11.5. The maximum Gasteiger partial charge on any atom is 0.276 e. The highest BCUT2D eigenvalue weighted by atomic mass is 32.2. The third-order valence-corrected chi connectivity index (χ3v) is 6.12. The van der Waals surface area contributed by atoms with Crippen molar-refractivity contribution in [3.63, 3.8) is 0 Å². The third-order valence-electron chi connectivity index (χ3n) is 4.90. The van der Waals surface area contributed by atoms with E-state index in [4.69, 9.17) is 4.74 Å². The summed E-state index contributed by atoms with van der Waals surface area (Å²) in [6, 6.07) is 25.5. The van der Waals surface area contributed by atoms with E-state index in [0.29, 0.717) is 16.9 Å². The molecule has 4 rings (SSSR count). The van der Waals surface area contributed by atoms with Gasteiger partial charge in [-0.3, -0.25) is 10.1 Å². The lowest BCUT2D eigenvalue weighted by Gasteiger charge is -2.09. The van der Waals surface area contributed by atoms with Crippen molar-refractivity contribution >= 4 is 32.7 Å². The summed E-state index contributed by atoms with van der Waals surface area (Å²) in [6.07, 6.45) is 1.33. The molecule has 166 valence electrons. The van der Waals surface area contributed by atoms with Crippen LogP contribution >= 0.6 is 0 Å². The molecule has 0 amide bonds. The average Bonchev–Trinajstić information content (AvgIpc) is 2.83. The van der Waals surface area contributed by atoms with Crippen molar-refractivity contribution in [2.75, 3.05) is 0 Å². The van der Waals surface area contributed by atoms with Crippen molar-refractivity contribution in [2.24, 2.45) is 5.10 Å². The minimum Gasteiger partial charge on any atom is -0.488 e. The molecule has 0 saturated carbocycles. The fourth-order valence-electron chi connectivity index (χ4n) is 3.24. The van der Waals surface area contributed by atoms with Gasteiger partial charge in [0.15, 0.2) is 0 Å². The first-order chi connectivity index (χ1) is 15.9. The molecule has 0 spiro atoms. The molecule has 4 aromatic rings. The van der Waals surface area contributed by atoms with Gasteiger partial charge in [-0.15, -0.1) is 0 Å². The van der Waals surface area contributed by atoms with E-state index in [1.54, 1.807) is 54.6 Å². The lowest BCUT2D eigenvalue weighted by atomic mass is 10.1. The number of hydrogen-bond acceptors (Lipinski definition) is 6. The van der Waals surface area contributed by atoms with E-state index in [1.807, 2.05) is 24.3 Å². The van der Waals surface area contributed by atoms with Crippen LogP contribution in [0.15, 0.2) is 101 Å². The number of benzene rings is 4. The van der Waals surface area contributed by atoms with E-state index < -0.39 is 14.9 Å². The predicted octanol–water partition coefficient (Wildman–Crippen LogP) is 4.64. The molecule has 4 aromatic carbocycles. The summed E-state index contributed by atoms with van der Waals surface area (Å²) in [6.45, 7) is -0.0230. The second-order valence-corrected chi connectivity index (χ2v) is 8.74. The van der Waals surface area contributed by atoms with Gasteiger partial charge in [-0.25, -0.2) is 4.83 Å². The second kappa shape index (κ2) is 9.49. The van der Waals surface area contributed by atoms with Crippen LogP contribution in [0.4, 0.5) is 5.69 Å². The highest BCUT2D eigenvalue weighted by Crippen LogP contribution is 2.23. The Morgan fingerprint density at radius 2 is 1.61 bits per heavy atom. The summed E-state index contributed by atoms with van der Waals surface area (Å²) in [4.78, 5) is 13.0. The number of nitro groups is 1. The van der Waals surface area contributed by atoms with Gasteiger partial charge >= 0.3 is 0 Å². The monoisotopic (exact) mass is 461 g/mol. The van der Waals surface area contributed by atoms with Crippen LogP contribution in [-0.2, 0) is 16.6 Å². The molecule has 0 unspecified atom stereocenters. The molecule has 8 nitrogen and oxygen atoms in total. The lowest BCUT2D eigenvalue weighted by molar-refractivity contribution is -0.385. The van der Waals surface area contributed by atoms with Gasteiger partial charge in [0.05, 0.1) is 21.6 Å². The Balaban J connectivity index is 1.49. The van der Waals surface area contributed by atoms with Crippen LogP contribution in [0, 0.1) is 10.1 Å². The Morgan fingerprint density at radius 1 is 0.909 bits per heavy atom. The van der Waals surface area contributed by atoms with Gasteiger partial charge in [-0.2, -0.15) is 13.5 Å². The Bertz CT molecular complexity index is 1450. The van der Waals surface area contributed by atoms with Gasteiger partial charge in [-0.05, 0) is 41.1 Å². The van der Waals surface area contributed by atoms with E-state index in [1.165, 1.54) is 18.3 Å². The number of fused-ring (bicyclic) bond motifs is 1. The largest absolute Gasteiger partial charge is 0.488 e. The Morgan fingerprint density at radius 3 is 2.42 bits per heavy atom. The van der Waals surface area contributed by atoms with Crippen molar-refractivity contribution in [3.05, 3.63) is 112 Å².